The molecule has 0 unspecified atom stereocenters. The van der Waals surface area contributed by atoms with Crippen molar-refractivity contribution in [1.29, 1.82) is 0 Å². The number of anilines is 1. The lowest BCUT2D eigenvalue weighted by molar-refractivity contribution is 0.948. The molecule has 0 spiro atoms. The lowest BCUT2D eigenvalue weighted by atomic mass is 10.4. The van der Waals surface area contributed by atoms with E-state index in [1.165, 1.54) is 6.33 Å². The monoisotopic (exact) mass is 250 g/mol. The zero-order valence-corrected chi connectivity index (χ0v) is 9.23. The first-order valence-corrected chi connectivity index (χ1v) is 5.15. The van der Waals surface area contributed by atoms with Gasteiger partial charge in [0.2, 0.25) is 5.28 Å². The second-order valence-electron chi connectivity index (χ2n) is 3.26. The highest BCUT2D eigenvalue weighted by atomic mass is 35.5. The van der Waals surface area contributed by atoms with Gasteiger partial charge in [-0.05, 0) is 11.6 Å². The maximum absolute atomic E-state index is 5.80. The van der Waals surface area contributed by atoms with Crippen molar-refractivity contribution in [3.05, 3.63) is 23.6 Å². The molecule has 0 aliphatic carbocycles. The van der Waals surface area contributed by atoms with Crippen LogP contribution in [0, 0.1) is 0 Å². The smallest absolute Gasteiger partial charge is 0.226 e. The van der Waals surface area contributed by atoms with Crippen LogP contribution in [0.25, 0.3) is 11.0 Å². The molecule has 0 radical (unpaired) electrons. The molecule has 0 amide bonds. The summed E-state index contributed by atoms with van der Waals surface area (Å²) in [5, 5.41) is 17.1. The van der Waals surface area contributed by atoms with Gasteiger partial charge in [-0.2, -0.15) is 20.2 Å². The molecule has 0 saturated heterocycles. The van der Waals surface area contributed by atoms with Crippen LogP contribution in [0.15, 0.2) is 12.5 Å². The van der Waals surface area contributed by atoms with E-state index >= 15 is 0 Å². The molecule has 3 rings (SSSR count). The van der Waals surface area contributed by atoms with Crippen LogP contribution in [0.2, 0.25) is 5.28 Å². The van der Waals surface area contributed by atoms with Crippen LogP contribution < -0.4 is 5.32 Å². The van der Waals surface area contributed by atoms with Crippen LogP contribution in [-0.4, -0.2) is 35.3 Å². The number of aromatic amines is 2. The number of hydrogen-bond donors (Lipinski definition) is 3. The average Bonchev–Trinajstić information content (AvgIpc) is 2.95. The molecule has 3 aromatic rings. The van der Waals surface area contributed by atoms with Crippen molar-refractivity contribution < 1.29 is 0 Å². The number of H-pyrrole nitrogens is 2. The minimum absolute atomic E-state index is 0.154. The molecular weight excluding hydrogens is 244 g/mol. The van der Waals surface area contributed by atoms with Gasteiger partial charge in [0.15, 0.2) is 5.65 Å². The number of rotatable bonds is 3. The summed E-state index contributed by atoms with van der Waals surface area (Å²) in [5.41, 5.74) is 0.588. The summed E-state index contributed by atoms with van der Waals surface area (Å²) in [6.45, 7) is 0.466. The quantitative estimate of drug-likeness (QED) is 0.592. The zero-order valence-electron chi connectivity index (χ0n) is 8.48. The Bertz CT molecular complexity index is 630. The van der Waals surface area contributed by atoms with Gasteiger partial charge in [-0.3, -0.25) is 10.2 Å². The second kappa shape index (κ2) is 3.98. The number of aromatic nitrogens is 7. The van der Waals surface area contributed by atoms with Gasteiger partial charge >= 0.3 is 0 Å². The maximum Gasteiger partial charge on any atom is 0.226 e. The van der Waals surface area contributed by atoms with E-state index in [9.17, 15) is 0 Å². The number of nitrogens with one attached hydrogen (secondary N) is 3. The zero-order chi connectivity index (χ0) is 11.7. The molecular formula is C8H7ClN8. The number of hydrogen-bond acceptors (Lipinski definition) is 6. The van der Waals surface area contributed by atoms with Gasteiger partial charge in [0.25, 0.3) is 0 Å². The minimum atomic E-state index is 0.154. The number of nitrogens with zero attached hydrogens (tertiary/aromatic N) is 5. The maximum atomic E-state index is 5.80. The summed E-state index contributed by atoms with van der Waals surface area (Å²) < 4.78 is 0. The first-order chi connectivity index (χ1) is 8.33. The predicted octanol–water partition coefficient (Wildman–Crippen LogP) is 0.736. The molecule has 8 nitrogen and oxygen atoms in total. The van der Waals surface area contributed by atoms with Crippen molar-refractivity contribution in [3.8, 4) is 0 Å². The predicted molar refractivity (Wildman–Crippen MR) is 60.4 cm³/mol. The van der Waals surface area contributed by atoms with E-state index < -0.39 is 0 Å². The van der Waals surface area contributed by atoms with Crippen LogP contribution >= 0.6 is 11.6 Å². The fourth-order valence-corrected chi connectivity index (χ4v) is 1.59. The van der Waals surface area contributed by atoms with E-state index in [2.05, 4.69) is 40.7 Å². The first-order valence-electron chi connectivity index (χ1n) is 4.77. The molecule has 9 heteroatoms. The molecule has 17 heavy (non-hydrogen) atoms. The van der Waals surface area contributed by atoms with Gasteiger partial charge in [0, 0.05) is 0 Å². The van der Waals surface area contributed by atoms with E-state index in [1.54, 1.807) is 6.20 Å². The minimum Gasteiger partial charge on any atom is -0.362 e. The summed E-state index contributed by atoms with van der Waals surface area (Å²) in [6.07, 6.45) is 3.08. The van der Waals surface area contributed by atoms with Crippen LogP contribution in [0.4, 0.5) is 5.82 Å². The van der Waals surface area contributed by atoms with Crippen LogP contribution in [-0.2, 0) is 6.54 Å². The normalized spacial score (nSPS) is 10.9. The highest BCUT2D eigenvalue weighted by Crippen LogP contribution is 2.19. The molecule has 0 aliphatic rings. The van der Waals surface area contributed by atoms with E-state index in [0.717, 1.165) is 5.39 Å². The van der Waals surface area contributed by atoms with Crippen LogP contribution in [0.1, 0.15) is 5.82 Å². The van der Waals surface area contributed by atoms with Crippen molar-refractivity contribution in [2.24, 2.45) is 0 Å². The standard InChI is InChI=1S/C8H7ClN8/c9-8-14-6(4-1-12-17-7(4)15-8)10-2-5-11-3-13-16-5/h1,3H,2H2,(H,11,13,16)(H2,10,12,14,15,17). The van der Waals surface area contributed by atoms with Gasteiger partial charge in [-0.25, -0.2) is 4.98 Å². The van der Waals surface area contributed by atoms with Crippen molar-refractivity contribution in [1.82, 2.24) is 35.3 Å². The fraction of sp³-hybridized carbons (Fsp3) is 0.125. The van der Waals surface area contributed by atoms with E-state index in [0.29, 0.717) is 23.8 Å². The Morgan fingerprint density at radius 3 is 3.00 bits per heavy atom. The van der Waals surface area contributed by atoms with Gasteiger partial charge in [0.1, 0.15) is 18.0 Å². The van der Waals surface area contributed by atoms with E-state index in [-0.39, 0.29) is 5.28 Å². The van der Waals surface area contributed by atoms with Gasteiger partial charge in [-0.1, -0.05) is 0 Å². The third-order valence-corrected chi connectivity index (χ3v) is 2.34. The summed E-state index contributed by atoms with van der Waals surface area (Å²) in [4.78, 5) is 12.1. The Morgan fingerprint density at radius 2 is 2.18 bits per heavy atom. The molecule has 0 aliphatic heterocycles. The molecule has 3 N–H and O–H groups in total. The lowest BCUT2D eigenvalue weighted by Crippen LogP contribution is -2.04. The first kappa shape index (κ1) is 9.97. The highest BCUT2D eigenvalue weighted by Gasteiger charge is 2.08. The van der Waals surface area contributed by atoms with Gasteiger partial charge < -0.3 is 5.32 Å². The number of halogens is 1. The van der Waals surface area contributed by atoms with E-state index in [4.69, 9.17) is 11.6 Å². The Labute approximate surface area is 99.8 Å². The van der Waals surface area contributed by atoms with Crippen molar-refractivity contribution in [2.75, 3.05) is 5.32 Å². The molecule has 0 saturated carbocycles. The topological polar surface area (TPSA) is 108 Å². The van der Waals surface area contributed by atoms with E-state index in [1.807, 2.05) is 0 Å². The van der Waals surface area contributed by atoms with Gasteiger partial charge in [0.05, 0.1) is 18.1 Å². The molecule has 0 bridgehead atoms. The fourth-order valence-electron chi connectivity index (χ4n) is 1.43. The molecule has 0 fully saturated rings. The lowest BCUT2D eigenvalue weighted by Gasteiger charge is -2.04. The Hall–Kier alpha value is -2.22. The molecule has 3 heterocycles. The van der Waals surface area contributed by atoms with Gasteiger partial charge in [-0.15, -0.1) is 0 Å². The summed E-state index contributed by atoms with van der Waals surface area (Å²) in [5.74, 6) is 1.31. The Balaban J connectivity index is 1.91. The highest BCUT2D eigenvalue weighted by molar-refractivity contribution is 6.28. The number of fused-ring (bicyclic) bond motifs is 1. The molecule has 86 valence electrons. The van der Waals surface area contributed by atoms with Crippen molar-refractivity contribution >= 4 is 28.5 Å². The average molecular weight is 251 g/mol. The summed E-state index contributed by atoms with van der Waals surface area (Å²) in [6, 6.07) is 0. The van der Waals surface area contributed by atoms with Crippen LogP contribution in [0.5, 0.6) is 0 Å². The van der Waals surface area contributed by atoms with Crippen LogP contribution in [0.3, 0.4) is 0 Å². The summed E-state index contributed by atoms with van der Waals surface area (Å²) in [7, 11) is 0. The molecule has 0 aromatic carbocycles. The largest absolute Gasteiger partial charge is 0.362 e. The summed E-state index contributed by atoms with van der Waals surface area (Å²) >= 11 is 5.80. The van der Waals surface area contributed by atoms with Crippen molar-refractivity contribution in [3.63, 3.8) is 0 Å². The molecule has 0 atom stereocenters. The third kappa shape index (κ3) is 1.89. The SMILES string of the molecule is Clc1nc(NCc2ncn[nH]2)c2cn[nH]c2n1. The second-order valence-corrected chi connectivity index (χ2v) is 3.60. The Kier molecular flexibility index (Phi) is 2.33. The Morgan fingerprint density at radius 1 is 1.24 bits per heavy atom. The third-order valence-electron chi connectivity index (χ3n) is 2.17. The van der Waals surface area contributed by atoms with Crippen molar-refractivity contribution in [2.45, 2.75) is 6.54 Å². The molecule has 3 aromatic heterocycles.